The van der Waals surface area contributed by atoms with Crippen molar-refractivity contribution in [3.05, 3.63) is 135 Å². The van der Waals surface area contributed by atoms with Crippen molar-refractivity contribution in [2.45, 2.75) is 14.7 Å². The number of hydrogen-bond acceptors (Lipinski definition) is 14. The number of nitrogens with one attached hydrogen (secondary N) is 3. The molecule has 0 atom stereocenters. The van der Waals surface area contributed by atoms with Crippen LogP contribution in [0.15, 0.2) is 117 Å². The molecule has 7 aromatic rings. The molecule has 0 saturated heterocycles. The van der Waals surface area contributed by atoms with Crippen LogP contribution in [-0.2, 0) is 7.05 Å². The molecular formula is C40H27N7O5S3. The van der Waals surface area contributed by atoms with Crippen molar-refractivity contribution in [2.24, 2.45) is 7.05 Å². The molecule has 270 valence electrons. The minimum atomic E-state index is -0.580. The fourth-order valence-corrected chi connectivity index (χ4v) is 7.46. The summed E-state index contributed by atoms with van der Waals surface area (Å²) in [5.74, 6) is -0.849. The van der Waals surface area contributed by atoms with Gasteiger partial charge in [0, 0.05) is 49.4 Å². The Hall–Kier alpha value is -6.42. The Kier molecular flexibility index (Phi) is 9.12. The second kappa shape index (κ2) is 14.1. The Morgan fingerprint density at radius 1 is 0.709 bits per heavy atom. The van der Waals surface area contributed by atoms with E-state index in [1.54, 1.807) is 104 Å². The molecule has 0 bridgehead atoms. The van der Waals surface area contributed by atoms with Gasteiger partial charge in [-0.15, -0.1) is 37.9 Å². The lowest BCUT2D eigenvalue weighted by molar-refractivity contribution is 0.102. The average molecular weight is 782 g/mol. The fourth-order valence-electron chi connectivity index (χ4n) is 6.63. The Bertz CT molecular complexity index is 2860. The van der Waals surface area contributed by atoms with Crippen LogP contribution >= 0.6 is 37.9 Å². The van der Waals surface area contributed by atoms with Crippen LogP contribution in [0.3, 0.4) is 0 Å². The summed E-state index contributed by atoms with van der Waals surface area (Å²) in [5.41, 5.74) is 3.71. The number of rotatable bonds is 9. The van der Waals surface area contributed by atoms with E-state index in [2.05, 4.69) is 56.2 Å². The first-order chi connectivity index (χ1) is 26.5. The van der Waals surface area contributed by atoms with Gasteiger partial charge in [-0.3, -0.25) is 19.2 Å². The van der Waals surface area contributed by atoms with Gasteiger partial charge in [-0.1, -0.05) is 48.5 Å². The summed E-state index contributed by atoms with van der Waals surface area (Å²) in [7, 11) is 1.57. The summed E-state index contributed by atoms with van der Waals surface area (Å²) < 4.78 is 1.39. The monoisotopic (exact) mass is 781 g/mol. The standard InChI is InChI=1S/C40H27N7O5S3/c1-47-28-14-13-25(32-33(28)31(22-10-3-4-11-23(22)36(32)50)34(37(47)51)35(49)19-8-6-9-21(53)15-19)41-26-16-27(30(55)17-29(26)54)43-39-44-38(45-40(52)46-39)42-24-12-5-2-7-20(24)18-48/h2-18,41,53-55H,1H3,(H3,42,43,44,45,46,52). The zero-order chi connectivity index (χ0) is 38.5. The van der Waals surface area contributed by atoms with Crippen LogP contribution in [0, 0.1) is 0 Å². The number of aldehydes is 1. The largest absolute Gasteiger partial charge is 0.479 e. The molecule has 1 aliphatic rings. The summed E-state index contributed by atoms with van der Waals surface area (Å²) in [6.07, 6.45) is 0.683. The predicted octanol–water partition coefficient (Wildman–Crippen LogP) is 7.78. The highest BCUT2D eigenvalue weighted by Gasteiger charge is 2.34. The number of carbonyl (C=O) groups excluding carboxylic acids is 3. The maximum atomic E-state index is 14.4. The molecule has 55 heavy (non-hydrogen) atoms. The van der Waals surface area contributed by atoms with Gasteiger partial charge in [0.15, 0.2) is 17.9 Å². The van der Waals surface area contributed by atoms with Crippen molar-refractivity contribution >= 4 is 101 Å². The van der Waals surface area contributed by atoms with E-state index in [4.69, 9.17) is 12.6 Å². The zero-order valence-electron chi connectivity index (χ0n) is 28.5. The lowest BCUT2D eigenvalue weighted by Crippen LogP contribution is -2.29. The number of fused-ring (bicyclic) bond motifs is 2. The summed E-state index contributed by atoms with van der Waals surface area (Å²) in [6, 6.07) is 26.5. The fraction of sp³-hybridized carbons (Fsp3) is 0.0250. The molecular weight excluding hydrogens is 755 g/mol. The summed E-state index contributed by atoms with van der Waals surface area (Å²) in [4.78, 5) is 68.0. The van der Waals surface area contributed by atoms with Crippen molar-refractivity contribution in [1.29, 1.82) is 0 Å². The van der Waals surface area contributed by atoms with E-state index < -0.39 is 17.4 Å². The number of para-hydroxylation sites is 1. The lowest BCUT2D eigenvalue weighted by Gasteiger charge is -2.26. The third-order valence-corrected chi connectivity index (χ3v) is 10.2. The van der Waals surface area contributed by atoms with Gasteiger partial charge < -0.3 is 25.6 Å². The quantitative estimate of drug-likeness (QED) is 0.0434. The Morgan fingerprint density at radius 2 is 1.38 bits per heavy atom. The zero-order valence-corrected chi connectivity index (χ0v) is 31.2. The first-order valence-electron chi connectivity index (χ1n) is 16.6. The number of benzene rings is 5. The normalized spacial score (nSPS) is 11.6. The van der Waals surface area contributed by atoms with Crippen molar-refractivity contribution in [3.63, 3.8) is 0 Å². The van der Waals surface area contributed by atoms with Gasteiger partial charge in [-0.05, 0) is 54.1 Å². The minimum absolute atomic E-state index is 0.0235. The first-order valence-corrected chi connectivity index (χ1v) is 17.9. The molecule has 15 heteroatoms. The number of pyridine rings is 1. The maximum Gasteiger partial charge on any atom is 0.320 e. The topological polar surface area (TPSA) is 168 Å². The van der Waals surface area contributed by atoms with Gasteiger partial charge in [-0.2, -0.15) is 15.0 Å². The van der Waals surface area contributed by atoms with Crippen LogP contribution in [0.25, 0.3) is 22.0 Å². The van der Waals surface area contributed by atoms with E-state index in [0.29, 0.717) is 76.9 Å². The second-order valence-corrected chi connectivity index (χ2v) is 14.0. The van der Waals surface area contributed by atoms with Crippen LogP contribution < -0.4 is 21.5 Å². The van der Waals surface area contributed by atoms with E-state index in [0.717, 1.165) is 0 Å². The molecule has 5 aromatic carbocycles. The number of aryl methyl sites for hydroxylation is 1. The number of nitrogens with zero attached hydrogens (tertiary/aromatic N) is 4. The maximum absolute atomic E-state index is 14.4. The van der Waals surface area contributed by atoms with Gasteiger partial charge in [0.25, 0.3) is 5.56 Å². The van der Waals surface area contributed by atoms with Crippen molar-refractivity contribution in [1.82, 2.24) is 19.5 Å². The van der Waals surface area contributed by atoms with E-state index in [1.165, 1.54) is 4.57 Å². The predicted molar refractivity (Wildman–Crippen MR) is 219 cm³/mol. The van der Waals surface area contributed by atoms with Gasteiger partial charge in [0.05, 0.1) is 39.4 Å². The van der Waals surface area contributed by atoms with Crippen LogP contribution in [0.5, 0.6) is 6.01 Å². The number of aromatic hydroxyl groups is 1. The molecule has 0 fully saturated rings. The molecule has 1 aliphatic carbocycles. The molecule has 0 radical (unpaired) electrons. The van der Waals surface area contributed by atoms with Crippen LogP contribution in [-0.4, -0.2) is 42.5 Å². The highest BCUT2D eigenvalue weighted by molar-refractivity contribution is 7.81. The molecule has 0 saturated carbocycles. The smallest absolute Gasteiger partial charge is 0.320 e. The van der Waals surface area contributed by atoms with Gasteiger partial charge in [-0.25, -0.2) is 0 Å². The van der Waals surface area contributed by atoms with E-state index in [-0.39, 0.29) is 34.4 Å². The second-order valence-electron chi connectivity index (χ2n) is 12.5. The molecule has 4 N–H and O–H groups in total. The molecule has 0 amide bonds. The summed E-state index contributed by atoms with van der Waals surface area (Å²) in [6.45, 7) is 0. The van der Waals surface area contributed by atoms with Crippen molar-refractivity contribution in [3.8, 4) is 17.1 Å². The van der Waals surface area contributed by atoms with Crippen LogP contribution in [0.1, 0.15) is 42.2 Å². The Balaban J connectivity index is 1.23. The molecule has 0 spiro atoms. The van der Waals surface area contributed by atoms with Crippen molar-refractivity contribution < 1.29 is 19.5 Å². The van der Waals surface area contributed by atoms with Crippen LogP contribution in [0.4, 0.5) is 34.6 Å². The van der Waals surface area contributed by atoms with E-state index >= 15 is 0 Å². The molecule has 2 aromatic heterocycles. The number of anilines is 6. The first kappa shape index (κ1) is 35.6. The molecule has 0 aliphatic heterocycles. The highest BCUT2D eigenvalue weighted by atomic mass is 32.1. The van der Waals surface area contributed by atoms with Gasteiger partial charge >= 0.3 is 6.01 Å². The number of aromatic nitrogens is 4. The SMILES string of the molecule is Cn1c(=O)c(C(=O)c2cccc(S)c2)c2c3c(c(Nc4cc(Nc5nc(O)nc(Nc6ccccc6C=O)n5)c(S)cc4S)ccc31)C(=O)c1ccccc1-2. The van der Waals surface area contributed by atoms with Crippen molar-refractivity contribution in [2.75, 3.05) is 16.0 Å². The Labute approximate surface area is 328 Å². The van der Waals surface area contributed by atoms with Gasteiger partial charge in [0.2, 0.25) is 11.9 Å². The third kappa shape index (κ3) is 6.37. The van der Waals surface area contributed by atoms with Gasteiger partial charge in [0.1, 0.15) is 0 Å². The molecule has 12 nitrogen and oxygen atoms in total. The molecule has 2 heterocycles. The summed E-state index contributed by atoms with van der Waals surface area (Å²) in [5, 5.41) is 20.1. The van der Waals surface area contributed by atoms with Crippen LogP contribution in [0.2, 0.25) is 0 Å². The minimum Gasteiger partial charge on any atom is -0.479 e. The number of hydrogen-bond donors (Lipinski definition) is 7. The third-order valence-electron chi connectivity index (χ3n) is 9.15. The van der Waals surface area contributed by atoms with E-state index in [1.807, 2.05) is 0 Å². The molecule has 0 unspecified atom stereocenters. The number of thiol groups is 3. The Morgan fingerprint density at radius 3 is 2.11 bits per heavy atom. The highest BCUT2D eigenvalue weighted by Crippen LogP contribution is 2.45. The number of carbonyl (C=O) groups is 3. The lowest BCUT2D eigenvalue weighted by atomic mass is 9.80. The van der Waals surface area contributed by atoms with E-state index in [9.17, 15) is 24.3 Å². The molecule has 8 rings (SSSR count). The number of ketones is 2. The average Bonchev–Trinajstić information content (AvgIpc) is 3.17. The summed E-state index contributed by atoms with van der Waals surface area (Å²) >= 11 is 13.7.